The van der Waals surface area contributed by atoms with E-state index in [2.05, 4.69) is 38.0 Å². The fraction of sp³-hybridized carbons (Fsp3) is 0.389. The first-order chi connectivity index (χ1) is 12.2. The van der Waals surface area contributed by atoms with Crippen LogP contribution < -0.4 is 11.1 Å². The summed E-state index contributed by atoms with van der Waals surface area (Å²) in [5.74, 6) is 1.76. The SMILES string of the molecule is CCc1cn2c(n1)CC(C(=O)Nc1ccc3nc(CN)[nH]c3c1)CC2. The minimum absolute atomic E-state index is 0.0447. The van der Waals surface area contributed by atoms with Crippen LogP contribution in [0, 0.1) is 5.92 Å². The van der Waals surface area contributed by atoms with E-state index in [9.17, 15) is 4.79 Å². The van der Waals surface area contributed by atoms with Crippen LogP contribution in [0.4, 0.5) is 5.69 Å². The molecule has 25 heavy (non-hydrogen) atoms. The van der Waals surface area contributed by atoms with E-state index in [1.165, 1.54) is 0 Å². The summed E-state index contributed by atoms with van der Waals surface area (Å²) in [4.78, 5) is 24.8. The first-order valence-electron chi connectivity index (χ1n) is 8.70. The molecule has 0 spiro atoms. The second kappa shape index (κ2) is 6.33. The van der Waals surface area contributed by atoms with E-state index in [1.54, 1.807) is 0 Å². The van der Waals surface area contributed by atoms with Crippen LogP contribution in [0.1, 0.15) is 30.7 Å². The van der Waals surface area contributed by atoms with Crippen molar-refractivity contribution in [3.8, 4) is 0 Å². The van der Waals surface area contributed by atoms with Crippen LogP contribution in [0.3, 0.4) is 0 Å². The molecule has 1 amide bonds. The monoisotopic (exact) mass is 338 g/mol. The molecule has 1 aliphatic heterocycles. The molecule has 7 nitrogen and oxygen atoms in total. The lowest BCUT2D eigenvalue weighted by Crippen LogP contribution is -2.30. The largest absolute Gasteiger partial charge is 0.341 e. The number of benzene rings is 1. The van der Waals surface area contributed by atoms with Gasteiger partial charge in [0.15, 0.2) is 0 Å². The molecule has 130 valence electrons. The number of nitrogens with two attached hydrogens (primary N) is 1. The molecule has 4 N–H and O–H groups in total. The van der Waals surface area contributed by atoms with Crippen LogP contribution in [-0.2, 0) is 30.7 Å². The van der Waals surface area contributed by atoms with E-state index in [0.29, 0.717) is 13.0 Å². The van der Waals surface area contributed by atoms with Crippen molar-refractivity contribution in [2.24, 2.45) is 11.7 Å². The number of carbonyl (C=O) groups excluding carboxylic acids is 1. The maximum Gasteiger partial charge on any atom is 0.228 e. The van der Waals surface area contributed by atoms with Crippen molar-refractivity contribution >= 4 is 22.6 Å². The molecular formula is C18H22N6O. The van der Waals surface area contributed by atoms with E-state index in [1.807, 2.05) is 18.2 Å². The molecule has 0 saturated carbocycles. The quantitative estimate of drug-likeness (QED) is 0.677. The van der Waals surface area contributed by atoms with Gasteiger partial charge in [-0.15, -0.1) is 0 Å². The molecule has 1 atom stereocenters. The summed E-state index contributed by atoms with van der Waals surface area (Å²) in [7, 11) is 0. The number of amides is 1. The Kier molecular flexibility index (Phi) is 4.01. The number of aromatic amines is 1. The topological polar surface area (TPSA) is 102 Å². The maximum atomic E-state index is 12.7. The van der Waals surface area contributed by atoms with Gasteiger partial charge in [-0.2, -0.15) is 0 Å². The molecule has 1 aliphatic rings. The Balaban J connectivity index is 1.48. The number of nitrogens with one attached hydrogen (secondary N) is 2. The van der Waals surface area contributed by atoms with Crippen LogP contribution in [-0.4, -0.2) is 25.4 Å². The summed E-state index contributed by atoms with van der Waals surface area (Å²) in [6.07, 6.45) is 4.55. The highest BCUT2D eigenvalue weighted by Gasteiger charge is 2.26. The molecule has 4 rings (SSSR count). The molecule has 3 heterocycles. The Labute approximate surface area is 145 Å². The van der Waals surface area contributed by atoms with Gasteiger partial charge in [0.25, 0.3) is 0 Å². The highest BCUT2D eigenvalue weighted by Crippen LogP contribution is 2.23. The van der Waals surface area contributed by atoms with Gasteiger partial charge >= 0.3 is 0 Å². The first-order valence-corrected chi connectivity index (χ1v) is 8.70. The van der Waals surface area contributed by atoms with Crippen molar-refractivity contribution < 1.29 is 4.79 Å². The second-order valence-corrected chi connectivity index (χ2v) is 6.49. The molecule has 3 aromatic rings. The van der Waals surface area contributed by atoms with Crippen molar-refractivity contribution in [1.82, 2.24) is 19.5 Å². The third-order valence-corrected chi connectivity index (χ3v) is 4.78. The predicted octanol–water partition coefficient (Wildman–Crippen LogP) is 1.98. The normalized spacial score (nSPS) is 16.8. The summed E-state index contributed by atoms with van der Waals surface area (Å²) in [6, 6.07) is 5.67. The number of rotatable bonds is 4. The van der Waals surface area contributed by atoms with Crippen molar-refractivity contribution in [3.63, 3.8) is 0 Å². The maximum absolute atomic E-state index is 12.7. The summed E-state index contributed by atoms with van der Waals surface area (Å²) in [5.41, 5.74) is 9.21. The number of H-pyrrole nitrogens is 1. The number of hydrogen-bond acceptors (Lipinski definition) is 4. The smallest absolute Gasteiger partial charge is 0.228 e. The van der Waals surface area contributed by atoms with E-state index in [0.717, 1.165) is 53.4 Å². The zero-order valence-electron chi connectivity index (χ0n) is 14.2. The molecule has 0 fully saturated rings. The van der Waals surface area contributed by atoms with Crippen LogP contribution in [0.25, 0.3) is 11.0 Å². The van der Waals surface area contributed by atoms with Gasteiger partial charge in [-0.3, -0.25) is 4.79 Å². The number of imidazole rings is 2. The highest BCUT2D eigenvalue weighted by atomic mass is 16.1. The predicted molar refractivity (Wildman–Crippen MR) is 96.0 cm³/mol. The van der Waals surface area contributed by atoms with Crippen molar-refractivity contribution in [2.75, 3.05) is 5.32 Å². The summed E-state index contributed by atoms with van der Waals surface area (Å²) < 4.78 is 2.17. The Morgan fingerprint density at radius 3 is 3.12 bits per heavy atom. The summed E-state index contributed by atoms with van der Waals surface area (Å²) in [6.45, 7) is 3.31. The molecular weight excluding hydrogens is 316 g/mol. The molecule has 1 unspecified atom stereocenters. The number of fused-ring (bicyclic) bond motifs is 2. The van der Waals surface area contributed by atoms with E-state index in [4.69, 9.17) is 5.73 Å². The van der Waals surface area contributed by atoms with E-state index >= 15 is 0 Å². The molecule has 0 bridgehead atoms. The molecule has 1 aromatic carbocycles. The van der Waals surface area contributed by atoms with Crippen molar-refractivity contribution in [1.29, 1.82) is 0 Å². The number of nitrogens with zero attached hydrogens (tertiary/aromatic N) is 3. The van der Waals surface area contributed by atoms with Crippen molar-refractivity contribution in [2.45, 2.75) is 39.3 Å². The Hall–Kier alpha value is -2.67. The van der Waals surface area contributed by atoms with Crippen LogP contribution in [0.15, 0.2) is 24.4 Å². The van der Waals surface area contributed by atoms with Gasteiger partial charge in [0, 0.05) is 30.8 Å². The number of anilines is 1. The first kappa shape index (κ1) is 15.8. The average Bonchev–Trinajstić information content (AvgIpc) is 3.23. The van der Waals surface area contributed by atoms with Crippen LogP contribution in [0.5, 0.6) is 0 Å². The second-order valence-electron chi connectivity index (χ2n) is 6.49. The Morgan fingerprint density at radius 1 is 1.44 bits per heavy atom. The summed E-state index contributed by atoms with van der Waals surface area (Å²) >= 11 is 0. The van der Waals surface area contributed by atoms with Gasteiger partial charge in [-0.1, -0.05) is 6.92 Å². The molecule has 2 aromatic heterocycles. The Bertz CT molecular complexity index is 925. The molecule has 0 aliphatic carbocycles. The van der Waals surface area contributed by atoms with Gasteiger partial charge in [-0.05, 0) is 31.0 Å². The fourth-order valence-corrected chi connectivity index (χ4v) is 3.36. The number of hydrogen-bond donors (Lipinski definition) is 3. The standard InChI is InChI=1S/C18H22N6O/c1-2-12-10-24-6-5-11(7-17(24)20-12)18(25)21-13-3-4-14-15(8-13)23-16(9-19)22-14/h3-4,8,10-11H,2,5-7,9,19H2,1H3,(H,21,25)(H,22,23). The number of aromatic nitrogens is 4. The highest BCUT2D eigenvalue weighted by molar-refractivity contribution is 5.94. The third kappa shape index (κ3) is 3.02. The fourth-order valence-electron chi connectivity index (χ4n) is 3.36. The molecule has 7 heteroatoms. The zero-order valence-corrected chi connectivity index (χ0v) is 14.2. The van der Waals surface area contributed by atoms with Gasteiger partial charge < -0.3 is 20.6 Å². The summed E-state index contributed by atoms with van der Waals surface area (Å²) in [5, 5.41) is 3.03. The van der Waals surface area contributed by atoms with Crippen LogP contribution in [0.2, 0.25) is 0 Å². The van der Waals surface area contributed by atoms with Crippen LogP contribution >= 0.6 is 0 Å². The lowest BCUT2D eigenvalue weighted by molar-refractivity contribution is -0.120. The van der Waals surface area contributed by atoms with Gasteiger partial charge in [-0.25, -0.2) is 9.97 Å². The van der Waals surface area contributed by atoms with Gasteiger partial charge in [0.2, 0.25) is 5.91 Å². The van der Waals surface area contributed by atoms with E-state index in [-0.39, 0.29) is 11.8 Å². The van der Waals surface area contributed by atoms with Gasteiger partial charge in [0.1, 0.15) is 11.6 Å². The Morgan fingerprint density at radius 2 is 2.32 bits per heavy atom. The van der Waals surface area contributed by atoms with Crippen molar-refractivity contribution in [3.05, 3.63) is 41.7 Å². The minimum atomic E-state index is -0.0447. The number of aryl methyl sites for hydroxylation is 2. The average molecular weight is 338 g/mol. The van der Waals surface area contributed by atoms with E-state index < -0.39 is 0 Å². The lowest BCUT2D eigenvalue weighted by Gasteiger charge is -2.22. The minimum Gasteiger partial charge on any atom is -0.341 e. The van der Waals surface area contributed by atoms with Gasteiger partial charge in [0.05, 0.1) is 23.3 Å². The zero-order chi connectivity index (χ0) is 17.4. The molecule has 0 saturated heterocycles. The molecule has 0 radical (unpaired) electrons. The lowest BCUT2D eigenvalue weighted by atomic mass is 9.97. The third-order valence-electron chi connectivity index (χ3n) is 4.78. The number of carbonyl (C=O) groups is 1.